The zero-order valence-corrected chi connectivity index (χ0v) is 13.5. The lowest BCUT2D eigenvalue weighted by Gasteiger charge is -2.09. The Morgan fingerprint density at radius 1 is 0.958 bits per heavy atom. The maximum absolute atomic E-state index is 11.9. The normalized spacial score (nSPS) is 11.2. The van der Waals surface area contributed by atoms with Gasteiger partial charge in [-0.25, -0.2) is 0 Å². The van der Waals surface area contributed by atoms with Crippen LogP contribution in [-0.2, 0) is 6.54 Å². The van der Waals surface area contributed by atoms with E-state index in [1.807, 2.05) is 18.2 Å². The number of primary amides is 1. The first-order valence-corrected chi connectivity index (χ1v) is 8.00. The lowest BCUT2D eigenvalue weighted by atomic mass is 10.1. The molecule has 1 heterocycles. The summed E-state index contributed by atoms with van der Waals surface area (Å²) in [5, 5.41) is 2.00. The summed E-state index contributed by atoms with van der Waals surface area (Å²) >= 11 is 0. The van der Waals surface area contributed by atoms with E-state index in [2.05, 4.69) is 54.0 Å². The molecule has 0 saturated heterocycles. The Morgan fingerprint density at radius 3 is 2.50 bits per heavy atom. The molecule has 0 unspecified atom stereocenters. The fraction of sp³-hybridized carbons (Fsp3) is 0.0952. The predicted molar refractivity (Wildman–Crippen MR) is 98.2 cm³/mol. The predicted octanol–water partition coefficient (Wildman–Crippen LogP) is 4.25. The van der Waals surface area contributed by atoms with Crippen molar-refractivity contribution in [2.24, 2.45) is 5.73 Å². The van der Waals surface area contributed by atoms with Crippen LogP contribution in [0.25, 0.3) is 21.8 Å². The van der Waals surface area contributed by atoms with Crippen molar-refractivity contribution in [2.75, 3.05) is 0 Å². The maximum atomic E-state index is 11.9. The number of hydrogen-bond acceptors (Lipinski definition) is 1. The van der Waals surface area contributed by atoms with Gasteiger partial charge in [-0.15, -0.1) is 0 Å². The molecule has 0 aliphatic rings. The summed E-state index contributed by atoms with van der Waals surface area (Å²) in [4.78, 5) is 11.9. The van der Waals surface area contributed by atoms with E-state index in [-0.39, 0.29) is 5.91 Å². The summed E-state index contributed by atoms with van der Waals surface area (Å²) in [6.45, 7) is 2.86. The third-order valence-electron chi connectivity index (χ3n) is 4.49. The van der Waals surface area contributed by atoms with Crippen molar-refractivity contribution in [3.8, 4) is 0 Å². The first-order valence-electron chi connectivity index (χ1n) is 8.00. The number of para-hydroxylation sites is 1. The largest absolute Gasteiger partial charge is 0.366 e. The SMILES string of the molecule is Cc1cccc(Cn2c3ccccc3c3c(C(N)=O)cccc32)c1. The zero-order valence-electron chi connectivity index (χ0n) is 13.5. The summed E-state index contributed by atoms with van der Waals surface area (Å²) in [6, 6.07) is 22.4. The van der Waals surface area contributed by atoms with Gasteiger partial charge >= 0.3 is 0 Å². The Balaban J connectivity index is 2.03. The van der Waals surface area contributed by atoms with Crippen LogP contribution in [0.3, 0.4) is 0 Å². The molecule has 0 aliphatic heterocycles. The van der Waals surface area contributed by atoms with Gasteiger partial charge in [0.1, 0.15) is 0 Å². The number of carbonyl (C=O) groups excluding carboxylic acids is 1. The molecule has 4 rings (SSSR count). The van der Waals surface area contributed by atoms with E-state index in [0.717, 1.165) is 28.4 Å². The number of nitrogens with two attached hydrogens (primary N) is 1. The monoisotopic (exact) mass is 314 g/mol. The molecule has 24 heavy (non-hydrogen) atoms. The van der Waals surface area contributed by atoms with E-state index in [9.17, 15) is 4.79 Å². The van der Waals surface area contributed by atoms with Crippen LogP contribution in [-0.4, -0.2) is 10.5 Å². The molecule has 1 aromatic heterocycles. The molecule has 1 amide bonds. The van der Waals surface area contributed by atoms with Crippen LogP contribution in [0.1, 0.15) is 21.5 Å². The van der Waals surface area contributed by atoms with Crippen molar-refractivity contribution in [2.45, 2.75) is 13.5 Å². The number of aromatic nitrogens is 1. The van der Waals surface area contributed by atoms with Gasteiger partial charge in [-0.3, -0.25) is 4.79 Å². The van der Waals surface area contributed by atoms with E-state index in [4.69, 9.17) is 5.73 Å². The Hall–Kier alpha value is -3.07. The number of nitrogens with zero attached hydrogens (tertiary/aromatic N) is 1. The highest BCUT2D eigenvalue weighted by Crippen LogP contribution is 2.32. The van der Waals surface area contributed by atoms with Gasteiger partial charge in [0.05, 0.1) is 5.52 Å². The van der Waals surface area contributed by atoms with Crippen molar-refractivity contribution in [1.29, 1.82) is 0 Å². The van der Waals surface area contributed by atoms with Crippen molar-refractivity contribution in [3.63, 3.8) is 0 Å². The molecular formula is C21H18N2O. The van der Waals surface area contributed by atoms with Crippen molar-refractivity contribution >= 4 is 27.7 Å². The van der Waals surface area contributed by atoms with E-state index < -0.39 is 0 Å². The first kappa shape index (κ1) is 14.5. The molecule has 0 saturated carbocycles. The lowest BCUT2D eigenvalue weighted by molar-refractivity contribution is 0.100. The average molecular weight is 314 g/mol. The second kappa shape index (κ2) is 5.53. The second-order valence-corrected chi connectivity index (χ2v) is 6.16. The number of amides is 1. The molecule has 0 atom stereocenters. The molecule has 0 radical (unpaired) electrons. The Kier molecular flexibility index (Phi) is 3.35. The van der Waals surface area contributed by atoms with E-state index in [0.29, 0.717) is 5.56 Å². The molecule has 3 nitrogen and oxygen atoms in total. The molecule has 3 aromatic carbocycles. The Morgan fingerprint density at radius 2 is 1.71 bits per heavy atom. The van der Waals surface area contributed by atoms with Gasteiger partial charge in [0, 0.05) is 28.4 Å². The van der Waals surface area contributed by atoms with Gasteiger partial charge in [-0.05, 0) is 30.7 Å². The topological polar surface area (TPSA) is 48.0 Å². The Labute approximate surface area is 140 Å². The highest BCUT2D eigenvalue weighted by Gasteiger charge is 2.15. The number of carbonyl (C=O) groups is 1. The fourth-order valence-corrected chi connectivity index (χ4v) is 3.47. The molecular weight excluding hydrogens is 296 g/mol. The Bertz CT molecular complexity index is 1080. The maximum Gasteiger partial charge on any atom is 0.249 e. The number of aryl methyl sites for hydroxylation is 1. The fourth-order valence-electron chi connectivity index (χ4n) is 3.47. The molecule has 0 fully saturated rings. The van der Waals surface area contributed by atoms with Gasteiger partial charge < -0.3 is 10.3 Å². The lowest BCUT2D eigenvalue weighted by Crippen LogP contribution is -2.11. The minimum atomic E-state index is -0.390. The minimum Gasteiger partial charge on any atom is -0.366 e. The van der Waals surface area contributed by atoms with Crippen molar-refractivity contribution in [1.82, 2.24) is 4.57 Å². The van der Waals surface area contributed by atoms with Crippen LogP contribution in [0.5, 0.6) is 0 Å². The summed E-state index contributed by atoms with van der Waals surface area (Å²) in [6.07, 6.45) is 0. The standard InChI is InChI=1S/C21H18N2O/c1-14-6-4-7-15(12-14)13-23-18-10-3-2-8-16(18)20-17(21(22)24)9-5-11-19(20)23/h2-12H,13H2,1H3,(H2,22,24). The van der Waals surface area contributed by atoms with E-state index in [1.54, 1.807) is 6.07 Å². The van der Waals surface area contributed by atoms with Gasteiger partial charge in [-0.1, -0.05) is 54.1 Å². The van der Waals surface area contributed by atoms with Crippen molar-refractivity contribution in [3.05, 3.63) is 83.4 Å². The zero-order chi connectivity index (χ0) is 16.7. The molecule has 0 spiro atoms. The highest BCUT2D eigenvalue weighted by atomic mass is 16.1. The minimum absolute atomic E-state index is 0.390. The third kappa shape index (κ3) is 2.26. The van der Waals surface area contributed by atoms with E-state index >= 15 is 0 Å². The number of benzene rings is 3. The third-order valence-corrected chi connectivity index (χ3v) is 4.49. The van der Waals surface area contributed by atoms with Gasteiger partial charge in [0.25, 0.3) is 0 Å². The average Bonchev–Trinajstić information content (AvgIpc) is 2.89. The number of fused-ring (bicyclic) bond motifs is 3. The smallest absolute Gasteiger partial charge is 0.249 e. The second-order valence-electron chi connectivity index (χ2n) is 6.16. The summed E-state index contributed by atoms with van der Waals surface area (Å²) in [7, 11) is 0. The van der Waals surface area contributed by atoms with Crippen LogP contribution < -0.4 is 5.73 Å². The molecule has 0 bridgehead atoms. The molecule has 118 valence electrons. The van der Waals surface area contributed by atoms with Crippen LogP contribution >= 0.6 is 0 Å². The van der Waals surface area contributed by atoms with E-state index in [1.165, 1.54) is 11.1 Å². The van der Waals surface area contributed by atoms with Crippen LogP contribution in [0, 0.1) is 6.92 Å². The number of rotatable bonds is 3. The number of hydrogen-bond donors (Lipinski definition) is 1. The summed E-state index contributed by atoms with van der Waals surface area (Å²) in [5.74, 6) is -0.390. The van der Waals surface area contributed by atoms with Crippen molar-refractivity contribution < 1.29 is 4.79 Å². The first-order chi connectivity index (χ1) is 11.6. The highest BCUT2D eigenvalue weighted by molar-refractivity contribution is 6.17. The summed E-state index contributed by atoms with van der Waals surface area (Å²) < 4.78 is 2.26. The molecule has 2 N–H and O–H groups in total. The van der Waals surface area contributed by atoms with Gasteiger partial charge in [0.15, 0.2) is 0 Å². The van der Waals surface area contributed by atoms with Crippen LogP contribution in [0.4, 0.5) is 0 Å². The van der Waals surface area contributed by atoms with Gasteiger partial charge in [-0.2, -0.15) is 0 Å². The molecule has 3 heteroatoms. The quantitative estimate of drug-likeness (QED) is 0.604. The van der Waals surface area contributed by atoms with Crippen LogP contribution in [0.2, 0.25) is 0 Å². The summed E-state index contributed by atoms with van der Waals surface area (Å²) in [5.41, 5.74) is 10.8. The molecule has 0 aliphatic carbocycles. The van der Waals surface area contributed by atoms with Crippen LogP contribution in [0.15, 0.2) is 66.7 Å². The van der Waals surface area contributed by atoms with Gasteiger partial charge in [0.2, 0.25) is 5.91 Å². The molecule has 4 aromatic rings.